The third kappa shape index (κ3) is 9.76. The molecule has 11 heteroatoms. The molecule has 5 N–H and O–H groups in total. The normalized spacial score (nSPS) is 14.5. The van der Waals surface area contributed by atoms with Gasteiger partial charge in [-0.15, -0.1) is 0 Å². The first kappa shape index (κ1) is 33.4. The number of piperazine rings is 1. The van der Waals surface area contributed by atoms with Crippen LogP contribution in [-0.4, -0.2) is 80.0 Å². The first-order valence-corrected chi connectivity index (χ1v) is 18.0. The van der Waals surface area contributed by atoms with Crippen molar-refractivity contribution in [1.29, 1.82) is 0 Å². The van der Waals surface area contributed by atoms with Gasteiger partial charge in [0.15, 0.2) is 5.82 Å². The van der Waals surface area contributed by atoms with Gasteiger partial charge in [-0.25, -0.2) is 4.98 Å². The summed E-state index contributed by atoms with van der Waals surface area (Å²) in [6, 6.07) is 8.81. The fourth-order valence-electron chi connectivity index (χ4n) is 5.45. The van der Waals surface area contributed by atoms with Gasteiger partial charge in [-0.1, -0.05) is 59.6 Å². The molecule has 0 bridgehead atoms. The van der Waals surface area contributed by atoms with E-state index in [1.807, 2.05) is 21.8 Å². The van der Waals surface area contributed by atoms with Crippen molar-refractivity contribution in [3.63, 3.8) is 0 Å². The van der Waals surface area contributed by atoms with Gasteiger partial charge >= 0.3 is 0 Å². The van der Waals surface area contributed by atoms with Crippen LogP contribution < -0.4 is 16.8 Å². The molecule has 4 rings (SSSR count). The van der Waals surface area contributed by atoms with Crippen molar-refractivity contribution in [2.45, 2.75) is 77.6 Å². The molecule has 9 nitrogen and oxygen atoms in total. The number of nitrogens with two attached hydrogens (primary N) is 2. The molecule has 1 aliphatic rings. The number of hydrogen-bond acceptors (Lipinski definition) is 9. The summed E-state index contributed by atoms with van der Waals surface area (Å²) in [6.45, 7) is 15.4. The lowest BCUT2D eigenvalue weighted by Crippen LogP contribution is -2.48. The quantitative estimate of drug-likeness (QED) is 0.140. The minimum Gasteiger partial charge on any atom is -0.368 e. The fraction of sp³-hybridized carbons (Fsp3) is 0.594. The van der Waals surface area contributed by atoms with Gasteiger partial charge in [0.05, 0.1) is 5.52 Å². The van der Waals surface area contributed by atoms with Gasteiger partial charge in [0.25, 0.3) is 0 Å². The highest BCUT2D eigenvalue weighted by Crippen LogP contribution is 2.38. The highest BCUT2D eigenvalue weighted by atomic mass is 33.1. The number of carbonyl (C=O) groups is 1. The first-order chi connectivity index (χ1) is 20.7. The summed E-state index contributed by atoms with van der Waals surface area (Å²) < 4.78 is 2.29. The zero-order chi connectivity index (χ0) is 30.8. The third-order valence-electron chi connectivity index (χ3n) is 8.01. The van der Waals surface area contributed by atoms with Crippen LogP contribution in [0.2, 0.25) is 0 Å². The highest BCUT2D eigenvalue weighted by Gasteiger charge is 2.25. The molecular weight excluding hydrogens is 577 g/mol. The number of nitrogens with one attached hydrogen (secondary N) is 1. The number of aryl methyl sites for hydroxylation is 1. The number of nitrogens with zero attached hydrogens (tertiary/aromatic N) is 5. The molecule has 0 aliphatic carbocycles. The molecule has 0 saturated carbocycles. The zero-order valence-corrected chi connectivity index (χ0v) is 28.0. The SMILES string of the molecule is CCCCCNc1nc(N)nc2ccn(Cc3ccc(CN4CCN(C(=O)CCC(C)(C)SSCCN)CC4)cc3C)c12. The van der Waals surface area contributed by atoms with Crippen LogP contribution in [0.3, 0.4) is 0 Å². The summed E-state index contributed by atoms with van der Waals surface area (Å²) in [5.74, 6) is 2.33. The molecule has 3 aromatic rings. The molecule has 0 radical (unpaired) electrons. The number of anilines is 2. The van der Waals surface area contributed by atoms with E-state index in [1.54, 1.807) is 10.8 Å². The van der Waals surface area contributed by atoms with Crippen molar-refractivity contribution in [2.75, 3.05) is 56.1 Å². The minimum absolute atomic E-state index is 0.0744. The summed E-state index contributed by atoms with van der Waals surface area (Å²) in [5, 5.41) is 3.49. The Morgan fingerprint density at radius 3 is 2.60 bits per heavy atom. The predicted octanol–water partition coefficient (Wildman–Crippen LogP) is 5.52. The molecule has 2 aromatic heterocycles. The molecule has 0 spiro atoms. The molecule has 0 unspecified atom stereocenters. The molecule has 1 saturated heterocycles. The van der Waals surface area contributed by atoms with E-state index in [0.717, 1.165) is 81.3 Å². The van der Waals surface area contributed by atoms with Crippen LogP contribution in [0.15, 0.2) is 30.5 Å². The van der Waals surface area contributed by atoms with Gasteiger partial charge in [0.2, 0.25) is 11.9 Å². The topological polar surface area (TPSA) is 118 Å². The maximum absolute atomic E-state index is 12.9. The smallest absolute Gasteiger partial charge is 0.222 e. The Kier molecular flexibility index (Phi) is 12.4. The molecule has 1 aliphatic heterocycles. The van der Waals surface area contributed by atoms with E-state index < -0.39 is 0 Å². The van der Waals surface area contributed by atoms with Gasteiger partial charge in [0.1, 0.15) is 5.52 Å². The van der Waals surface area contributed by atoms with Crippen LogP contribution in [0.5, 0.6) is 0 Å². The van der Waals surface area contributed by atoms with Crippen LogP contribution in [0.1, 0.15) is 69.6 Å². The molecule has 43 heavy (non-hydrogen) atoms. The summed E-state index contributed by atoms with van der Waals surface area (Å²) in [4.78, 5) is 26.4. The minimum atomic E-state index is 0.0744. The molecule has 1 fully saturated rings. The van der Waals surface area contributed by atoms with Gasteiger partial charge in [-0.05, 0) is 56.4 Å². The number of unbranched alkanes of at least 4 members (excludes halogenated alkanes) is 2. The van der Waals surface area contributed by atoms with Gasteiger partial charge < -0.3 is 26.3 Å². The number of fused-ring (bicyclic) bond motifs is 1. The Bertz CT molecular complexity index is 1340. The second-order valence-corrected chi connectivity index (χ2v) is 15.2. The zero-order valence-electron chi connectivity index (χ0n) is 26.4. The van der Waals surface area contributed by atoms with Crippen LogP contribution in [0.25, 0.3) is 11.0 Å². The van der Waals surface area contributed by atoms with Crippen LogP contribution in [-0.2, 0) is 17.9 Å². The Morgan fingerprint density at radius 2 is 1.88 bits per heavy atom. The van der Waals surface area contributed by atoms with E-state index in [9.17, 15) is 4.79 Å². The van der Waals surface area contributed by atoms with Gasteiger partial charge in [0, 0.05) is 75.5 Å². The molecule has 3 heterocycles. The number of carbonyl (C=O) groups excluding carboxylic acids is 1. The molecule has 0 atom stereocenters. The molecule has 1 amide bonds. The van der Waals surface area contributed by atoms with E-state index in [4.69, 9.17) is 11.5 Å². The molecule has 1 aromatic carbocycles. The Balaban J connectivity index is 1.30. The number of rotatable bonds is 16. The van der Waals surface area contributed by atoms with Crippen LogP contribution in [0.4, 0.5) is 11.8 Å². The standard InChI is InChI=1S/C32H50N8OS2/c1-5-6-7-14-35-30-29-27(36-31(34)37-30)11-15-40(29)23-26-9-8-25(21-24(26)2)22-38-16-18-39(19-17-38)28(41)10-12-32(3,4)43-42-20-13-33/h8-9,11,15,21H,5-7,10,12-14,16-20,22-23,33H2,1-4H3,(H3,34,35,36,37). The van der Waals surface area contributed by atoms with Gasteiger partial charge in [-0.3, -0.25) is 9.69 Å². The van der Waals surface area contributed by atoms with Crippen molar-refractivity contribution >= 4 is 50.3 Å². The molecular formula is C32H50N8OS2. The maximum atomic E-state index is 12.9. The largest absolute Gasteiger partial charge is 0.368 e. The van der Waals surface area contributed by atoms with E-state index in [0.29, 0.717) is 18.9 Å². The lowest BCUT2D eigenvalue weighted by molar-refractivity contribution is -0.133. The van der Waals surface area contributed by atoms with Crippen molar-refractivity contribution < 1.29 is 4.79 Å². The van der Waals surface area contributed by atoms with E-state index in [2.05, 4.69) is 76.8 Å². The van der Waals surface area contributed by atoms with E-state index >= 15 is 0 Å². The Labute approximate surface area is 265 Å². The van der Waals surface area contributed by atoms with Crippen molar-refractivity contribution in [1.82, 2.24) is 24.3 Å². The summed E-state index contributed by atoms with van der Waals surface area (Å²) >= 11 is 0. The second-order valence-electron chi connectivity index (χ2n) is 12.1. The average molecular weight is 627 g/mol. The Hall–Kier alpha value is -2.47. The summed E-state index contributed by atoms with van der Waals surface area (Å²) in [7, 11) is 3.65. The second kappa shape index (κ2) is 16.0. The van der Waals surface area contributed by atoms with E-state index in [-0.39, 0.29) is 10.7 Å². The summed E-state index contributed by atoms with van der Waals surface area (Å²) in [5.41, 5.74) is 17.3. The van der Waals surface area contributed by atoms with Crippen LogP contribution >= 0.6 is 21.6 Å². The number of benzene rings is 1. The number of aromatic nitrogens is 3. The lowest BCUT2D eigenvalue weighted by Gasteiger charge is -2.35. The van der Waals surface area contributed by atoms with Gasteiger partial charge in [-0.2, -0.15) is 4.98 Å². The summed E-state index contributed by atoms with van der Waals surface area (Å²) in [6.07, 6.45) is 7.03. The first-order valence-electron chi connectivity index (χ1n) is 15.6. The number of nitrogen functional groups attached to an aromatic ring is 1. The average Bonchev–Trinajstić information content (AvgIpc) is 3.38. The number of amides is 1. The lowest BCUT2D eigenvalue weighted by atomic mass is 10.0. The van der Waals surface area contributed by atoms with E-state index in [1.165, 1.54) is 29.5 Å². The van der Waals surface area contributed by atoms with Crippen LogP contribution in [0, 0.1) is 6.92 Å². The maximum Gasteiger partial charge on any atom is 0.222 e. The number of hydrogen-bond donors (Lipinski definition) is 3. The Morgan fingerprint density at radius 1 is 1.09 bits per heavy atom. The van der Waals surface area contributed by atoms with Crippen molar-refractivity contribution in [2.24, 2.45) is 5.73 Å². The molecule has 236 valence electrons. The third-order valence-corrected chi connectivity index (χ3v) is 11.4. The fourth-order valence-corrected chi connectivity index (χ4v) is 7.88. The predicted molar refractivity (Wildman–Crippen MR) is 185 cm³/mol. The van der Waals surface area contributed by atoms with Crippen molar-refractivity contribution in [3.8, 4) is 0 Å². The van der Waals surface area contributed by atoms with Crippen molar-refractivity contribution in [3.05, 3.63) is 47.2 Å². The monoisotopic (exact) mass is 626 g/mol. The highest BCUT2D eigenvalue weighted by molar-refractivity contribution is 8.77.